The van der Waals surface area contributed by atoms with Crippen LogP contribution in [0.25, 0.3) is 0 Å². The van der Waals surface area contributed by atoms with E-state index >= 15 is 0 Å². The van der Waals surface area contributed by atoms with Crippen LogP contribution >= 0.6 is 0 Å². The van der Waals surface area contributed by atoms with Gasteiger partial charge in [0.05, 0.1) is 36.8 Å². The van der Waals surface area contributed by atoms with Crippen LogP contribution < -0.4 is 217 Å². The van der Waals surface area contributed by atoms with Gasteiger partial charge in [0.2, 0.25) is 0 Å². The van der Waals surface area contributed by atoms with Crippen molar-refractivity contribution in [2.75, 3.05) is 0 Å². The number of aliphatic carboxylic acids is 4. The second kappa shape index (κ2) is 18.1. The maximum Gasteiger partial charge on any atom is 1.00 e. The Hall–Kier alpha value is 4.35. The molecule has 0 aliphatic heterocycles. The maximum absolute atomic E-state index is 10.8. The first kappa shape index (κ1) is 38.9. The Morgan fingerprint density at radius 3 is 0.792 bits per heavy atom. The van der Waals surface area contributed by atoms with Gasteiger partial charge < -0.3 is 37.6 Å². The summed E-state index contributed by atoms with van der Waals surface area (Å²) in [5.41, 5.74) is 6.88. The van der Waals surface area contributed by atoms with Crippen LogP contribution in [-0.4, -0.2) is 55.4 Å². The van der Waals surface area contributed by atoms with E-state index in [1.807, 2.05) is 0 Å². The molecular weight excluding hydrogens is 433 g/mol. The van der Waals surface area contributed by atoms with Gasteiger partial charge in [-0.3, -0.25) is 19.2 Å². The van der Waals surface area contributed by atoms with E-state index in [1.165, 1.54) is 0 Å². The molecule has 24 heavy (non-hydrogen) atoms. The van der Waals surface area contributed by atoms with Crippen LogP contribution in [0.15, 0.2) is 0 Å². The maximum atomic E-state index is 10.8. The Bertz CT molecular complexity index is 393. The van der Waals surface area contributed by atoms with E-state index in [1.54, 1.807) is 0 Å². The molecule has 0 fully saturated rings. The molecule has 0 heterocycles. The molecule has 0 unspecified atom stereocenters. The quantitative estimate of drug-likeness (QED) is 0.182. The summed E-state index contributed by atoms with van der Waals surface area (Å²) in [4.78, 5) is 43.2. The normalized spacial score (nSPS) is 9.92. The fourth-order valence-corrected chi connectivity index (χ4v) is 1.91. The zero-order valence-corrected chi connectivity index (χ0v) is 26.9. The average Bonchev–Trinajstić information content (AvgIpc) is 2.10. The molecule has 0 aromatic heterocycles. The number of rotatable bonds is 9. The van der Waals surface area contributed by atoms with E-state index in [4.69, 9.17) is 31.9 Å². The van der Waals surface area contributed by atoms with Crippen LogP contribution in [0.3, 0.4) is 0 Å². The second-order valence-corrected chi connectivity index (χ2v) is 4.59. The fraction of sp³-hybridized carbons (Fsp3) is 0.600. The van der Waals surface area contributed by atoms with Crippen LogP contribution in [0.2, 0.25) is 0 Å². The predicted molar refractivity (Wildman–Crippen MR) is 67.3 cm³/mol. The van der Waals surface area contributed by atoms with Crippen LogP contribution in [0.4, 0.5) is 0 Å². The summed E-state index contributed by atoms with van der Waals surface area (Å²) in [6, 6.07) is 0. The number of hydrogen-bond acceptors (Lipinski definition) is 6. The molecule has 0 bridgehead atoms. The van der Waals surface area contributed by atoms with Crippen molar-refractivity contribution in [1.82, 2.24) is 0 Å². The Labute approximate surface area is 314 Å². The van der Waals surface area contributed by atoms with Gasteiger partial charge >= 0.3 is 229 Å². The van der Waals surface area contributed by atoms with Gasteiger partial charge in [0, 0.05) is 0 Å². The van der Waals surface area contributed by atoms with Crippen molar-refractivity contribution in [3.63, 3.8) is 0 Å². The number of nitrogens with two attached hydrogens (primary N) is 2. The SMILES string of the molecule is NC(CC(=O)O)(CC(=O)O)C(N)(CC(=O)O)CC(=O)O.[H-].[H-].[H-].[H-].[K+].[K+].[K+].[K+]. The molecule has 0 aromatic carbocycles. The largest absolute Gasteiger partial charge is 1.00 e. The standard InChI is InChI=1S/C10H16N2O8.4K.4H/c11-9(1-5(13)14,2-6(15)16)10(12,3-7(17)18)4-8(19)20;;;;;;;;/h1-4,11-12H2,(H,13,14)(H,15,16)(H,17,18)(H,19,20);;;;;;;;/q;4*+1;4*-1. The molecule has 0 amide bonds. The molecule has 122 valence electrons. The van der Waals surface area contributed by atoms with Crippen molar-refractivity contribution >= 4 is 23.9 Å². The van der Waals surface area contributed by atoms with E-state index < -0.39 is 60.6 Å². The van der Waals surface area contributed by atoms with Crippen LogP contribution in [0.5, 0.6) is 0 Å². The van der Waals surface area contributed by atoms with Gasteiger partial charge in [-0.05, 0) is 0 Å². The van der Waals surface area contributed by atoms with E-state index in [0.29, 0.717) is 0 Å². The zero-order valence-electron chi connectivity index (χ0n) is 18.4. The van der Waals surface area contributed by atoms with Gasteiger partial charge in [0.25, 0.3) is 0 Å². The Morgan fingerprint density at radius 1 is 0.583 bits per heavy atom. The molecule has 0 saturated heterocycles. The Kier molecular flexibility index (Phi) is 29.4. The number of carboxylic acid groups (broad SMARTS) is 4. The number of hydrogen-bond donors (Lipinski definition) is 6. The summed E-state index contributed by atoms with van der Waals surface area (Å²) in [7, 11) is 0. The molecule has 0 aliphatic rings. The summed E-state index contributed by atoms with van der Waals surface area (Å²) in [6.07, 6.45) is -3.90. The monoisotopic (exact) mass is 452 g/mol. The molecule has 0 atom stereocenters. The first-order chi connectivity index (χ1) is 8.92. The third-order valence-electron chi connectivity index (χ3n) is 2.86. The van der Waals surface area contributed by atoms with Crippen LogP contribution in [0.1, 0.15) is 31.4 Å². The Morgan fingerprint density at radius 2 is 0.708 bits per heavy atom. The van der Waals surface area contributed by atoms with Crippen molar-refractivity contribution in [3.8, 4) is 0 Å². The van der Waals surface area contributed by atoms with Gasteiger partial charge in [-0.25, -0.2) is 0 Å². The molecule has 0 radical (unpaired) electrons. The summed E-state index contributed by atoms with van der Waals surface area (Å²) in [5, 5.41) is 35.1. The molecule has 0 aliphatic carbocycles. The number of carboxylic acids is 4. The summed E-state index contributed by atoms with van der Waals surface area (Å²) in [5.74, 6) is -6.06. The van der Waals surface area contributed by atoms with Crippen molar-refractivity contribution in [2.24, 2.45) is 11.5 Å². The van der Waals surface area contributed by atoms with E-state index in [9.17, 15) is 19.2 Å². The summed E-state index contributed by atoms with van der Waals surface area (Å²) < 4.78 is 0. The van der Waals surface area contributed by atoms with Crippen molar-refractivity contribution in [2.45, 2.75) is 36.8 Å². The molecule has 0 saturated carbocycles. The molecule has 0 aromatic rings. The van der Waals surface area contributed by atoms with Gasteiger partial charge in [-0.15, -0.1) is 0 Å². The van der Waals surface area contributed by atoms with E-state index in [2.05, 4.69) is 0 Å². The third kappa shape index (κ3) is 15.2. The van der Waals surface area contributed by atoms with Crippen LogP contribution in [0, 0.1) is 0 Å². The minimum Gasteiger partial charge on any atom is -1.00 e. The summed E-state index contributed by atoms with van der Waals surface area (Å²) >= 11 is 0. The fourth-order valence-electron chi connectivity index (χ4n) is 1.91. The smallest absolute Gasteiger partial charge is 1.00 e. The third-order valence-corrected chi connectivity index (χ3v) is 2.86. The van der Waals surface area contributed by atoms with Gasteiger partial charge in [0.15, 0.2) is 0 Å². The van der Waals surface area contributed by atoms with Crippen molar-refractivity contribution < 1.29 is 251 Å². The molecule has 10 nitrogen and oxygen atoms in total. The number of carbonyl (C=O) groups is 4. The van der Waals surface area contributed by atoms with E-state index in [-0.39, 0.29) is 211 Å². The van der Waals surface area contributed by atoms with Gasteiger partial charge in [-0.2, -0.15) is 0 Å². The van der Waals surface area contributed by atoms with Crippen molar-refractivity contribution in [3.05, 3.63) is 0 Å². The molecule has 14 heteroatoms. The molecule has 0 rings (SSSR count). The average molecular weight is 453 g/mol. The van der Waals surface area contributed by atoms with Gasteiger partial charge in [0.1, 0.15) is 0 Å². The van der Waals surface area contributed by atoms with Crippen LogP contribution in [-0.2, 0) is 19.2 Å². The van der Waals surface area contributed by atoms with Gasteiger partial charge in [-0.1, -0.05) is 0 Å². The zero-order chi connectivity index (χ0) is 16.1. The minimum absolute atomic E-state index is 0. The first-order valence-corrected chi connectivity index (χ1v) is 5.37. The van der Waals surface area contributed by atoms with Crippen molar-refractivity contribution in [1.29, 1.82) is 0 Å². The second-order valence-electron chi connectivity index (χ2n) is 4.59. The summed E-state index contributed by atoms with van der Waals surface area (Å²) in [6.45, 7) is 0. The topological polar surface area (TPSA) is 201 Å². The molecular formula is C10H20K4N2O8. The Balaban J connectivity index is -0.0000000645. The molecule has 8 N–H and O–H groups in total. The van der Waals surface area contributed by atoms with E-state index in [0.717, 1.165) is 0 Å². The predicted octanol–water partition coefficient (Wildman–Crippen LogP) is -13.3. The minimum atomic E-state index is -2.22. The molecule has 0 spiro atoms. The first-order valence-electron chi connectivity index (χ1n) is 5.37.